The van der Waals surface area contributed by atoms with Crippen LogP contribution in [0.15, 0.2) is 18.2 Å². The van der Waals surface area contributed by atoms with E-state index in [2.05, 4.69) is 0 Å². The number of amides is 2. The Morgan fingerprint density at radius 3 is 2.56 bits per heavy atom. The number of carbonyl (C=O) groups is 2. The summed E-state index contributed by atoms with van der Waals surface area (Å²) in [6.07, 6.45) is 5.30. The molecule has 0 saturated carbocycles. The van der Waals surface area contributed by atoms with E-state index in [1.165, 1.54) is 6.42 Å². The van der Waals surface area contributed by atoms with E-state index in [-0.39, 0.29) is 18.4 Å². The summed E-state index contributed by atoms with van der Waals surface area (Å²) >= 11 is 1.70. The molecule has 0 bridgehead atoms. The van der Waals surface area contributed by atoms with Crippen LogP contribution in [0.3, 0.4) is 0 Å². The highest BCUT2D eigenvalue weighted by Crippen LogP contribution is 2.29. The van der Waals surface area contributed by atoms with Crippen molar-refractivity contribution in [1.82, 2.24) is 9.80 Å². The summed E-state index contributed by atoms with van der Waals surface area (Å²) in [5.41, 5.74) is 0.553. The number of thioether (sulfide) groups is 1. The third kappa shape index (κ3) is 6.34. The third-order valence-electron chi connectivity index (χ3n) is 4.53. The first-order chi connectivity index (χ1) is 13.1. The Morgan fingerprint density at radius 1 is 1.15 bits per heavy atom. The Kier molecular flexibility index (Phi) is 8.78. The van der Waals surface area contributed by atoms with E-state index in [0.29, 0.717) is 30.2 Å². The number of benzene rings is 1. The number of likely N-dealkylation sites (tertiary alicyclic amines) is 1. The van der Waals surface area contributed by atoms with E-state index in [1.54, 1.807) is 41.9 Å². The quantitative estimate of drug-likeness (QED) is 0.645. The fourth-order valence-electron chi connectivity index (χ4n) is 2.95. The van der Waals surface area contributed by atoms with Crippen LogP contribution in [0.4, 0.5) is 0 Å². The second-order valence-corrected chi connectivity index (χ2v) is 7.53. The molecule has 0 radical (unpaired) electrons. The highest BCUT2D eigenvalue weighted by Gasteiger charge is 2.19. The van der Waals surface area contributed by atoms with Crippen molar-refractivity contribution in [3.63, 3.8) is 0 Å². The zero-order chi connectivity index (χ0) is 19.6. The Balaban J connectivity index is 2.03. The molecule has 1 aromatic rings. The first kappa shape index (κ1) is 21.4. The SMILES string of the molecule is CCOc1cc(C(=O)N(C)CCSC)ccc1OCC(=O)N1CCCCC1. The lowest BCUT2D eigenvalue weighted by Crippen LogP contribution is -2.38. The normalized spacial score (nSPS) is 14.0. The first-order valence-electron chi connectivity index (χ1n) is 9.48. The molecule has 27 heavy (non-hydrogen) atoms. The molecule has 0 aliphatic carbocycles. The summed E-state index contributed by atoms with van der Waals surface area (Å²) in [5, 5.41) is 0. The van der Waals surface area contributed by atoms with Gasteiger partial charge in [-0.05, 0) is 50.6 Å². The minimum atomic E-state index is -0.0547. The minimum Gasteiger partial charge on any atom is -0.490 e. The smallest absolute Gasteiger partial charge is 0.260 e. The molecular weight excluding hydrogens is 364 g/mol. The van der Waals surface area contributed by atoms with Crippen LogP contribution in [-0.2, 0) is 4.79 Å². The summed E-state index contributed by atoms with van der Waals surface area (Å²) in [6.45, 7) is 4.61. The first-order valence-corrected chi connectivity index (χ1v) is 10.9. The van der Waals surface area contributed by atoms with Gasteiger partial charge in [0.2, 0.25) is 0 Å². The van der Waals surface area contributed by atoms with Gasteiger partial charge in [-0.3, -0.25) is 9.59 Å². The number of piperidine rings is 1. The van der Waals surface area contributed by atoms with Crippen molar-refractivity contribution in [2.24, 2.45) is 0 Å². The summed E-state index contributed by atoms with van der Waals surface area (Å²) in [7, 11) is 1.79. The topological polar surface area (TPSA) is 59.1 Å². The summed E-state index contributed by atoms with van der Waals surface area (Å²) < 4.78 is 11.4. The average Bonchev–Trinajstić information content (AvgIpc) is 2.71. The van der Waals surface area contributed by atoms with Crippen LogP contribution in [0, 0.1) is 0 Å². The minimum absolute atomic E-state index is 0.00546. The van der Waals surface area contributed by atoms with E-state index in [9.17, 15) is 9.59 Å². The number of nitrogens with zero attached hydrogens (tertiary/aromatic N) is 2. The van der Waals surface area contributed by atoms with Crippen molar-refractivity contribution in [2.75, 3.05) is 51.9 Å². The molecule has 1 saturated heterocycles. The van der Waals surface area contributed by atoms with Crippen molar-refractivity contribution < 1.29 is 19.1 Å². The fraction of sp³-hybridized carbons (Fsp3) is 0.600. The van der Waals surface area contributed by atoms with Crippen LogP contribution in [0.25, 0.3) is 0 Å². The van der Waals surface area contributed by atoms with Gasteiger partial charge in [-0.25, -0.2) is 0 Å². The lowest BCUT2D eigenvalue weighted by Gasteiger charge is -2.26. The van der Waals surface area contributed by atoms with Gasteiger partial charge in [0.25, 0.3) is 11.8 Å². The molecule has 0 spiro atoms. The maximum Gasteiger partial charge on any atom is 0.260 e. The predicted molar refractivity (Wildman–Crippen MR) is 109 cm³/mol. The van der Waals surface area contributed by atoms with Gasteiger partial charge >= 0.3 is 0 Å². The van der Waals surface area contributed by atoms with Crippen molar-refractivity contribution in [3.05, 3.63) is 23.8 Å². The van der Waals surface area contributed by atoms with E-state index < -0.39 is 0 Å². The van der Waals surface area contributed by atoms with E-state index in [0.717, 1.165) is 31.7 Å². The van der Waals surface area contributed by atoms with Gasteiger partial charge in [-0.1, -0.05) is 0 Å². The Bertz CT molecular complexity index is 632. The molecule has 1 aromatic carbocycles. The van der Waals surface area contributed by atoms with Crippen molar-refractivity contribution in [1.29, 1.82) is 0 Å². The molecule has 6 nitrogen and oxygen atoms in total. The van der Waals surface area contributed by atoms with Gasteiger partial charge in [0.05, 0.1) is 6.61 Å². The number of rotatable bonds is 9. The zero-order valence-electron chi connectivity index (χ0n) is 16.5. The van der Waals surface area contributed by atoms with Crippen LogP contribution in [-0.4, -0.2) is 73.5 Å². The second kappa shape index (κ2) is 11.1. The molecule has 1 fully saturated rings. The van der Waals surface area contributed by atoms with Gasteiger partial charge in [-0.2, -0.15) is 11.8 Å². The van der Waals surface area contributed by atoms with Crippen molar-refractivity contribution >= 4 is 23.6 Å². The number of ether oxygens (including phenoxy) is 2. The molecular formula is C20H30N2O4S. The van der Waals surface area contributed by atoms with Crippen LogP contribution in [0.5, 0.6) is 11.5 Å². The summed E-state index contributed by atoms with van der Waals surface area (Å²) in [4.78, 5) is 28.4. The van der Waals surface area contributed by atoms with Gasteiger partial charge in [0.1, 0.15) is 0 Å². The van der Waals surface area contributed by atoms with E-state index in [1.807, 2.05) is 18.1 Å². The highest BCUT2D eigenvalue weighted by molar-refractivity contribution is 7.98. The molecule has 2 amide bonds. The molecule has 1 aliphatic rings. The maximum atomic E-state index is 12.6. The molecule has 2 rings (SSSR count). The van der Waals surface area contributed by atoms with E-state index >= 15 is 0 Å². The molecule has 0 aromatic heterocycles. The molecule has 0 atom stereocenters. The molecule has 0 N–H and O–H groups in total. The lowest BCUT2D eigenvalue weighted by atomic mass is 10.1. The molecule has 150 valence electrons. The summed E-state index contributed by atoms with van der Waals surface area (Å²) in [5.74, 6) is 1.81. The number of hydrogen-bond donors (Lipinski definition) is 0. The Morgan fingerprint density at radius 2 is 1.89 bits per heavy atom. The van der Waals surface area contributed by atoms with Gasteiger partial charge in [-0.15, -0.1) is 0 Å². The fourth-order valence-corrected chi connectivity index (χ4v) is 3.41. The standard InChI is InChI=1S/C20H30N2O4S/c1-4-25-18-14-16(20(24)21(2)12-13-27-3)8-9-17(18)26-15-19(23)22-10-6-5-7-11-22/h8-9,14H,4-7,10-13,15H2,1-3H3. The lowest BCUT2D eigenvalue weighted by molar-refractivity contribution is -0.134. The molecule has 1 aliphatic heterocycles. The van der Waals surface area contributed by atoms with Crippen molar-refractivity contribution in [3.8, 4) is 11.5 Å². The average molecular weight is 395 g/mol. The van der Waals surface area contributed by atoms with Crippen LogP contribution in [0.1, 0.15) is 36.5 Å². The van der Waals surface area contributed by atoms with Crippen LogP contribution in [0.2, 0.25) is 0 Å². The van der Waals surface area contributed by atoms with Gasteiger partial charge < -0.3 is 19.3 Å². The Labute approximate surface area is 166 Å². The molecule has 0 unspecified atom stereocenters. The van der Waals surface area contributed by atoms with Crippen LogP contribution < -0.4 is 9.47 Å². The molecule has 1 heterocycles. The van der Waals surface area contributed by atoms with E-state index in [4.69, 9.17) is 9.47 Å². The highest BCUT2D eigenvalue weighted by atomic mass is 32.2. The largest absolute Gasteiger partial charge is 0.490 e. The molecule has 7 heteroatoms. The second-order valence-electron chi connectivity index (χ2n) is 6.54. The summed E-state index contributed by atoms with van der Waals surface area (Å²) in [6, 6.07) is 5.13. The van der Waals surface area contributed by atoms with Gasteiger partial charge in [0.15, 0.2) is 18.1 Å². The maximum absolute atomic E-state index is 12.6. The zero-order valence-corrected chi connectivity index (χ0v) is 17.3. The number of carbonyl (C=O) groups excluding carboxylic acids is 2. The third-order valence-corrected chi connectivity index (χ3v) is 5.12. The Hall–Kier alpha value is -1.89. The predicted octanol–water partition coefficient (Wildman–Crippen LogP) is 2.91. The monoisotopic (exact) mass is 394 g/mol. The number of hydrogen-bond acceptors (Lipinski definition) is 5. The van der Waals surface area contributed by atoms with Crippen molar-refractivity contribution in [2.45, 2.75) is 26.2 Å². The van der Waals surface area contributed by atoms with Crippen LogP contribution >= 0.6 is 11.8 Å². The van der Waals surface area contributed by atoms with Gasteiger partial charge in [0, 0.05) is 38.0 Å².